The fourth-order valence-electron chi connectivity index (χ4n) is 1.81. The highest BCUT2D eigenvalue weighted by molar-refractivity contribution is 7.99. The largest absolute Gasteiger partial charge is 0.312 e. The fraction of sp³-hybridized carbons (Fsp3) is 0.375. The summed E-state index contributed by atoms with van der Waals surface area (Å²) in [5.41, 5.74) is 2.24. The molecule has 0 saturated carbocycles. The second-order valence-electron chi connectivity index (χ2n) is 5.42. The first-order chi connectivity index (χ1) is 10.0. The highest BCUT2D eigenvalue weighted by atomic mass is 35.5. The van der Waals surface area contributed by atoms with E-state index >= 15 is 0 Å². The van der Waals surface area contributed by atoms with Crippen LogP contribution in [0.4, 0.5) is 0 Å². The quantitative estimate of drug-likeness (QED) is 0.803. The Morgan fingerprint density at radius 3 is 2.62 bits per heavy atom. The maximum Gasteiger partial charge on any atom is 0.192 e. The number of hydrogen-bond acceptors (Lipinski definition) is 4. The third kappa shape index (κ3) is 5.30. The van der Waals surface area contributed by atoms with Gasteiger partial charge in [-0.2, -0.15) is 0 Å². The number of nitrogens with zero attached hydrogens (tertiary/aromatic N) is 2. The molecule has 3 nitrogen and oxygen atoms in total. The molecular weight excluding hydrogens is 302 g/mol. The molecule has 0 spiro atoms. The average Bonchev–Trinajstić information content (AvgIpc) is 2.43. The van der Waals surface area contributed by atoms with Crippen molar-refractivity contribution in [2.75, 3.05) is 6.54 Å². The number of hydrogen-bond donors (Lipinski definition) is 1. The molecule has 0 unspecified atom stereocenters. The van der Waals surface area contributed by atoms with Crippen LogP contribution in [-0.4, -0.2) is 16.5 Å². The Hall–Kier alpha value is -1.10. The van der Waals surface area contributed by atoms with Gasteiger partial charge in [0.1, 0.15) is 0 Å². The number of halogens is 1. The van der Waals surface area contributed by atoms with Crippen LogP contribution in [0.2, 0.25) is 5.02 Å². The van der Waals surface area contributed by atoms with Crippen molar-refractivity contribution in [1.29, 1.82) is 0 Å². The number of rotatable bonds is 6. The van der Waals surface area contributed by atoms with Gasteiger partial charge in [-0.05, 0) is 60.5 Å². The number of benzene rings is 1. The summed E-state index contributed by atoms with van der Waals surface area (Å²) in [5, 5.41) is 4.96. The Morgan fingerprint density at radius 1 is 1.24 bits per heavy atom. The molecule has 0 atom stereocenters. The van der Waals surface area contributed by atoms with Gasteiger partial charge in [0.2, 0.25) is 0 Å². The molecule has 1 N–H and O–H groups in total. The van der Waals surface area contributed by atoms with Crippen molar-refractivity contribution in [3.8, 4) is 0 Å². The first-order valence-corrected chi connectivity index (χ1v) is 8.19. The van der Waals surface area contributed by atoms with Crippen molar-refractivity contribution in [3.63, 3.8) is 0 Å². The second-order valence-corrected chi connectivity index (χ2v) is 6.87. The Morgan fingerprint density at radius 2 is 1.95 bits per heavy atom. The topological polar surface area (TPSA) is 37.8 Å². The third-order valence-corrected chi connectivity index (χ3v) is 4.10. The van der Waals surface area contributed by atoms with E-state index in [2.05, 4.69) is 29.1 Å². The second kappa shape index (κ2) is 7.78. The van der Waals surface area contributed by atoms with Gasteiger partial charge in [-0.1, -0.05) is 25.4 Å². The van der Waals surface area contributed by atoms with Gasteiger partial charge in [-0.15, -0.1) is 0 Å². The van der Waals surface area contributed by atoms with Gasteiger partial charge >= 0.3 is 0 Å². The minimum absolute atomic E-state index is 0.626. The van der Waals surface area contributed by atoms with Gasteiger partial charge in [-0.3, -0.25) is 0 Å². The summed E-state index contributed by atoms with van der Waals surface area (Å²) in [6.45, 7) is 8.16. The molecule has 0 saturated heterocycles. The first kappa shape index (κ1) is 16.3. The number of aryl methyl sites for hydroxylation is 1. The molecule has 21 heavy (non-hydrogen) atoms. The standard InChI is InChI=1S/C16H20ClN3S/c1-11(2)7-18-10-13-6-14(17)4-5-15(13)21-16-19-8-12(3)9-20-16/h4-6,8-9,11,18H,7,10H2,1-3H3. The van der Waals surface area contributed by atoms with Crippen LogP contribution in [0.3, 0.4) is 0 Å². The molecule has 5 heteroatoms. The monoisotopic (exact) mass is 321 g/mol. The average molecular weight is 322 g/mol. The van der Waals surface area contributed by atoms with Crippen molar-refractivity contribution in [1.82, 2.24) is 15.3 Å². The maximum atomic E-state index is 6.11. The van der Waals surface area contributed by atoms with E-state index in [-0.39, 0.29) is 0 Å². The van der Waals surface area contributed by atoms with Crippen LogP contribution >= 0.6 is 23.4 Å². The van der Waals surface area contributed by atoms with Gasteiger partial charge in [-0.25, -0.2) is 9.97 Å². The van der Waals surface area contributed by atoms with Crippen molar-refractivity contribution < 1.29 is 0 Å². The molecule has 1 aromatic carbocycles. The Bertz CT molecular complexity index is 585. The molecule has 0 bridgehead atoms. The molecule has 0 fully saturated rings. The zero-order chi connectivity index (χ0) is 15.2. The minimum atomic E-state index is 0.626. The smallest absolute Gasteiger partial charge is 0.192 e. The molecule has 0 aliphatic heterocycles. The van der Waals surface area contributed by atoms with Crippen LogP contribution in [-0.2, 0) is 6.54 Å². The molecule has 2 aromatic rings. The van der Waals surface area contributed by atoms with Crippen molar-refractivity contribution in [2.24, 2.45) is 5.92 Å². The lowest BCUT2D eigenvalue weighted by atomic mass is 10.2. The Labute approximate surface area is 135 Å². The molecule has 0 aliphatic rings. The van der Waals surface area contributed by atoms with Crippen LogP contribution in [0.1, 0.15) is 25.0 Å². The van der Waals surface area contributed by atoms with E-state index in [4.69, 9.17) is 11.6 Å². The predicted octanol–water partition coefficient (Wildman–Crippen LogP) is 4.34. The summed E-state index contributed by atoms with van der Waals surface area (Å²) in [7, 11) is 0. The zero-order valence-corrected chi connectivity index (χ0v) is 14.1. The van der Waals surface area contributed by atoms with E-state index in [0.29, 0.717) is 5.92 Å². The van der Waals surface area contributed by atoms with Crippen molar-refractivity contribution in [3.05, 3.63) is 46.7 Å². The lowest BCUT2D eigenvalue weighted by Gasteiger charge is -2.11. The van der Waals surface area contributed by atoms with Crippen LogP contribution in [0.5, 0.6) is 0 Å². The van der Waals surface area contributed by atoms with E-state index in [1.54, 1.807) is 11.8 Å². The van der Waals surface area contributed by atoms with Gasteiger partial charge in [0.05, 0.1) is 0 Å². The molecule has 112 valence electrons. The van der Waals surface area contributed by atoms with E-state index < -0.39 is 0 Å². The molecule has 0 aliphatic carbocycles. The molecule has 1 heterocycles. The van der Waals surface area contributed by atoms with Crippen molar-refractivity contribution in [2.45, 2.75) is 37.4 Å². The predicted molar refractivity (Wildman–Crippen MR) is 88.9 cm³/mol. The summed E-state index contributed by atoms with van der Waals surface area (Å²) < 4.78 is 0. The highest BCUT2D eigenvalue weighted by Crippen LogP contribution is 2.29. The number of nitrogens with one attached hydrogen (secondary N) is 1. The summed E-state index contributed by atoms with van der Waals surface area (Å²) in [6, 6.07) is 5.94. The van der Waals surface area contributed by atoms with E-state index in [1.165, 1.54) is 5.56 Å². The molecular formula is C16H20ClN3S. The van der Waals surface area contributed by atoms with Gasteiger partial charge < -0.3 is 5.32 Å². The summed E-state index contributed by atoms with van der Waals surface area (Å²) in [5.74, 6) is 0.626. The number of aromatic nitrogens is 2. The van der Waals surface area contributed by atoms with Gasteiger partial charge in [0, 0.05) is 28.9 Å². The normalized spacial score (nSPS) is 11.1. The van der Waals surface area contributed by atoms with E-state index in [1.807, 2.05) is 37.5 Å². The molecule has 0 amide bonds. The lowest BCUT2D eigenvalue weighted by Crippen LogP contribution is -2.19. The van der Waals surface area contributed by atoms with Crippen LogP contribution in [0, 0.1) is 12.8 Å². The molecule has 2 rings (SSSR count). The Kier molecular flexibility index (Phi) is 6.03. The summed E-state index contributed by atoms with van der Waals surface area (Å²) in [4.78, 5) is 9.83. The fourth-order valence-corrected chi connectivity index (χ4v) is 2.81. The van der Waals surface area contributed by atoms with Crippen LogP contribution < -0.4 is 5.32 Å². The van der Waals surface area contributed by atoms with Crippen LogP contribution in [0.25, 0.3) is 0 Å². The maximum absolute atomic E-state index is 6.11. The third-order valence-electron chi connectivity index (χ3n) is 2.85. The zero-order valence-electron chi connectivity index (χ0n) is 12.6. The van der Waals surface area contributed by atoms with Gasteiger partial charge in [0.15, 0.2) is 5.16 Å². The van der Waals surface area contributed by atoms with Crippen molar-refractivity contribution >= 4 is 23.4 Å². The van der Waals surface area contributed by atoms with Crippen LogP contribution in [0.15, 0.2) is 40.6 Å². The first-order valence-electron chi connectivity index (χ1n) is 7.00. The lowest BCUT2D eigenvalue weighted by molar-refractivity contribution is 0.550. The van der Waals surface area contributed by atoms with Gasteiger partial charge in [0.25, 0.3) is 0 Å². The summed E-state index contributed by atoms with van der Waals surface area (Å²) in [6.07, 6.45) is 3.67. The Balaban J connectivity index is 2.12. The molecule has 0 radical (unpaired) electrons. The molecule has 1 aromatic heterocycles. The van der Waals surface area contributed by atoms with E-state index in [0.717, 1.165) is 33.7 Å². The SMILES string of the molecule is Cc1cnc(Sc2ccc(Cl)cc2CNCC(C)C)nc1. The highest BCUT2D eigenvalue weighted by Gasteiger charge is 2.07. The van der Waals surface area contributed by atoms with E-state index in [9.17, 15) is 0 Å². The minimum Gasteiger partial charge on any atom is -0.312 e. The summed E-state index contributed by atoms with van der Waals surface area (Å²) >= 11 is 7.68.